The van der Waals surface area contributed by atoms with Crippen LogP contribution in [-0.2, 0) is 4.74 Å². The third-order valence-electron chi connectivity index (χ3n) is 3.35. The summed E-state index contributed by atoms with van der Waals surface area (Å²) >= 11 is 5.26. The Hall–Kier alpha value is -1.42. The number of amidine groups is 1. The van der Waals surface area contributed by atoms with Crippen molar-refractivity contribution in [1.29, 1.82) is 0 Å². The van der Waals surface area contributed by atoms with E-state index in [1.807, 2.05) is 0 Å². The number of nitrogens with two attached hydrogens (primary N) is 1. The number of nitrogens with one attached hydrogen (secondary N) is 2. The number of aromatic nitrogens is 2. The third kappa shape index (κ3) is 1.94. The molecule has 1 saturated heterocycles. The van der Waals surface area contributed by atoms with Gasteiger partial charge in [0.05, 0.1) is 12.7 Å². The Kier molecular flexibility index (Phi) is 3.05. The minimum absolute atomic E-state index is 0.228. The summed E-state index contributed by atoms with van der Waals surface area (Å²) in [6, 6.07) is 0. The summed E-state index contributed by atoms with van der Waals surface area (Å²) in [6.45, 7) is 0.138. The first-order valence-electron chi connectivity index (χ1n) is 5.95. The normalized spacial score (nSPS) is 29.8. The van der Waals surface area contributed by atoms with Crippen LogP contribution in [0.2, 0.25) is 0 Å². The van der Waals surface area contributed by atoms with E-state index in [0.29, 0.717) is 35.2 Å². The van der Waals surface area contributed by atoms with E-state index in [2.05, 4.69) is 15.3 Å². The molecule has 0 aliphatic carbocycles. The van der Waals surface area contributed by atoms with Crippen LogP contribution in [0.15, 0.2) is 4.99 Å². The highest BCUT2D eigenvalue weighted by Crippen LogP contribution is 2.33. The van der Waals surface area contributed by atoms with Crippen LogP contribution in [0.4, 0.5) is 5.82 Å². The van der Waals surface area contributed by atoms with Crippen molar-refractivity contribution < 1.29 is 14.9 Å². The zero-order chi connectivity index (χ0) is 13.6. The summed E-state index contributed by atoms with van der Waals surface area (Å²) in [7, 11) is 0. The molecule has 1 aromatic rings. The number of aliphatic hydroxyl groups is 2. The molecule has 0 saturated carbocycles. The van der Waals surface area contributed by atoms with E-state index in [1.54, 1.807) is 4.57 Å². The van der Waals surface area contributed by atoms with Gasteiger partial charge in [0, 0.05) is 6.42 Å². The largest absolute Gasteiger partial charge is 0.394 e. The number of fused-ring (bicyclic) bond motifs is 1. The Morgan fingerprint density at radius 2 is 2.37 bits per heavy atom. The van der Waals surface area contributed by atoms with E-state index >= 15 is 0 Å². The van der Waals surface area contributed by atoms with Gasteiger partial charge in [0.25, 0.3) is 0 Å². The van der Waals surface area contributed by atoms with Gasteiger partial charge in [-0.2, -0.15) is 0 Å². The maximum absolute atomic E-state index is 9.79. The van der Waals surface area contributed by atoms with Gasteiger partial charge in [-0.25, -0.2) is 4.99 Å². The summed E-state index contributed by atoms with van der Waals surface area (Å²) < 4.78 is 7.77. The molecule has 8 nitrogen and oxygen atoms in total. The first-order valence-corrected chi connectivity index (χ1v) is 6.35. The molecule has 2 aliphatic heterocycles. The number of hydrogen-bond donors (Lipinski definition) is 5. The molecule has 1 fully saturated rings. The number of hydrogen-bond acceptors (Lipinski definition) is 7. The SMILES string of the molecule is NC1=NCNc2c1[nH]c(=S)n2[C@H]1C[C@H](O)[C@@H](CO)O1. The molecule has 19 heavy (non-hydrogen) atoms. The van der Waals surface area contributed by atoms with Crippen molar-refractivity contribution in [2.75, 3.05) is 18.6 Å². The summed E-state index contributed by atoms with van der Waals surface area (Å²) in [6.07, 6.45) is -1.37. The van der Waals surface area contributed by atoms with Gasteiger partial charge in [0.1, 0.15) is 36.3 Å². The van der Waals surface area contributed by atoms with Crippen molar-refractivity contribution >= 4 is 23.9 Å². The van der Waals surface area contributed by atoms with Crippen LogP contribution < -0.4 is 11.1 Å². The average molecular weight is 285 g/mol. The van der Waals surface area contributed by atoms with Crippen molar-refractivity contribution in [1.82, 2.24) is 9.55 Å². The Balaban J connectivity index is 1.99. The Bertz CT molecular complexity index is 580. The molecule has 0 aromatic carbocycles. The van der Waals surface area contributed by atoms with Crippen molar-refractivity contribution in [3.63, 3.8) is 0 Å². The molecule has 6 N–H and O–H groups in total. The van der Waals surface area contributed by atoms with Crippen LogP contribution in [0.3, 0.4) is 0 Å². The number of aromatic amines is 1. The number of rotatable bonds is 2. The number of aliphatic imine (C=N–C) groups is 1. The minimum atomic E-state index is -0.711. The van der Waals surface area contributed by atoms with Crippen LogP contribution in [0.1, 0.15) is 18.3 Å². The van der Waals surface area contributed by atoms with Gasteiger partial charge in [0.2, 0.25) is 0 Å². The number of anilines is 1. The van der Waals surface area contributed by atoms with Gasteiger partial charge in [-0.3, -0.25) is 4.57 Å². The van der Waals surface area contributed by atoms with Crippen molar-refractivity contribution in [3.8, 4) is 0 Å². The Morgan fingerprint density at radius 1 is 1.58 bits per heavy atom. The fraction of sp³-hybridized carbons (Fsp3) is 0.600. The van der Waals surface area contributed by atoms with Crippen LogP contribution in [0.25, 0.3) is 0 Å². The number of aliphatic hydroxyl groups excluding tert-OH is 2. The standard InChI is InChI=1S/C10H15N5O3S/c11-8-7-9(13-3-12-8)15(10(19)14-7)6-1-4(17)5(2-16)18-6/h4-6,13,16-17H,1-3H2,(H2,11,12)(H,14,19)/t4-,5+,6+/m0/s1. The maximum Gasteiger partial charge on any atom is 0.181 e. The summed E-state index contributed by atoms with van der Waals surface area (Å²) in [5, 5.41) is 22.0. The molecule has 0 bridgehead atoms. The lowest BCUT2D eigenvalue weighted by molar-refractivity contribution is -0.0441. The summed E-state index contributed by atoms with van der Waals surface area (Å²) in [4.78, 5) is 7.04. The molecule has 2 aliphatic rings. The van der Waals surface area contributed by atoms with Gasteiger partial charge in [-0.1, -0.05) is 0 Å². The molecular formula is C10H15N5O3S. The smallest absolute Gasteiger partial charge is 0.181 e. The molecule has 3 heterocycles. The van der Waals surface area contributed by atoms with Crippen molar-refractivity contribution in [2.45, 2.75) is 24.9 Å². The lowest BCUT2D eigenvalue weighted by atomic mass is 10.2. The van der Waals surface area contributed by atoms with Crippen LogP contribution in [0.5, 0.6) is 0 Å². The Labute approximate surface area is 113 Å². The molecule has 0 spiro atoms. The zero-order valence-corrected chi connectivity index (χ0v) is 10.9. The first-order chi connectivity index (χ1) is 9.11. The topological polar surface area (TPSA) is 121 Å². The third-order valence-corrected chi connectivity index (χ3v) is 3.65. The molecular weight excluding hydrogens is 270 g/mol. The van der Waals surface area contributed by atoms with Crippen molar-refractivity contribution in [2.24, 2.45) is 10.7 Å². The average Bonchev–Trinajstić information content (AvgIpc) is 2.90. The van der Waals surface area contributed by atoms with E-state index in [4.69, 9.17) is 27.8 Å². The van der Waals surface area contributed by atoms with Crippen LogP contribution in [-0.4, -0.2) is 51.1 Å². The summed E-state index contributed by atoms with van der Waals surface area (Å²) in [5.41, 5.74) is 6.42. The highest BCUT2D eigenvalue weighted by atomic mass is 32.1. The van der Waals surface area contributed by atoms with E-state index in [-0.39, 0.29) is 6.61 Å². The molecule has 0 amide bonds. The quantitative estimate of drug-likeness (QED) is 0.457. The molecule has 3 atom stereocenters. The number of imidazole rings is 1. The van der Waals surface area contributed by atoms with Gasteiger partial charge < -0.3 is 31.0 Å². The number of ether oxygens (including phenoxy) is 1. The number of H-pyrrole nitrogens is 1. The fourth-order valence-electron chi connectivity index (χ4n) is 2.40. The zero-order valence-electron chi connectivity index (χ0n) is 10.0. The monoisotopic (exact) mass is 285 g/mol. The summed E-state index contributed by atoms with van der Waals surface area (Å²) in [5.74, 6) is 1.09. The van der Waals surface area contributed by atoms with Crippen molar-refractivity contribution in [3.05, 3.63) is 10.5 Å². The highest BCUT2D eigenvalue weighted by molar-refractivity contribution is 7.71. The highest BCUT2D eigenvalue weighted by Gasteiger charge is 2.36. The fourth-order valence-corrected chi connectivity index (χ4v) is 2.71. The lowest BCUT2D eigenvalue weighted by Crippen LogP contribution is -2.25. The van der Waals surface area contributed by atoms with E-state index in [0.717, 1.165) is 0 Å². The van der Waals surface area contributed by atoms with Gasteiger partial charge in [-0.15, -0.1) is 0 Å². The van der Waals surface area contributed by atoms with Gasteiger partial charge >= 0.3 is 0 Å². The van der Waals surface area contributed by atoms with E-state index in [9.17, 15) is 5.11 Å². The van der Waals surface area contributed by atoms with Gasteiger partial charge in [-0.05, 0) is 12.2 Å². The van der Waals surface area contributed by atoms with Crippen LogP contribution in [0, 0.1) is 4.77 Å². The second-order valence-corrected chi connectivity index (χ2v) is 4.90. The molecule has 0 radical (unpaired) electrons. The van der Waals surface area contributed by atoms with E-state index < -0.39 is 18.4 Å². The molecule has 3 rings (SSSR count). The predicted octanol–water partition coefficient (Wildman–Crippen LogP) is -0.725. The Morgan fingerprint density at radius 3 is 3.05 bits per heavy atom. The van der Waals surface area contributed by atoms with E-state index in [1.165, 1.54) is 0 Å². The molecule has 0 unspecified atom stereocenters. The second-order valence-electron chi connectivity index (χ2n) is 4.52. The molecule has 1 aromatic heterocycles. The first kappa shape index (κ1) is 12.6. The minimum Gasteiger partial charge on any atom is -0.394 e. The molecule has 104 valence electrons. The van der Waals surface area contributed by atoms with Gasteiger partial charge in [0.15, 0.2) is 4.77 Å². The lowest BCUT2D eigenvalue weighted by Gasteiger charge is -2.19. The predicted molar refractivity (Wildman–Crippen MR) is 70.5 cm³/mol. The number of nitrogens with zero attached hydrogens (tertiary/aromatic N) is 2. The van der Waals surface area contributed by atoms with Crippen LogP contribution >= 0.6 is 12.2 Å². The maximum atomic E-state index is 9.79. The molecule has 9 heteroatoms. The second kappa shape index (κ2) is 4.60.